The van der Waals surface area contributed by atoms with Crippen molar-refractivity contribution in [1.29, 1.82) is 0 Å². The predicted molar refractivity (Wildman–Crippen MR) is 58.2 cm³/mol. The van der Waals surface area contributed by atoms with E-state index in [4.69, 9.17) is 4.74 Å². The first-order valence-electron chi connectivity index (χ1n) is 5.38. The minimum atomic E-state index is -0.320. The fourth-order valence-corrected chi connectivity index (χ4v) is 1.24. The van der Waals surface area contributed by atoms with Gasteiger partial charge in [-0.15, -0.1) is 0 Å². The number of hydrogen-bond donors (Lipinski definition) is 0. The van der Waals surface area contributed by atoms with Crippen LogP contribution in [0.3, 0.4) is 0 Å². The molecule has 1 amide bonds. The van der Waals surface area contributed by atoms with Crippen molar-refractivity contribution in [2.75, 3.05) is 20.2 Å². The number of likely N-dealkylation sites (N-methyl/N-ethyl adjacent to an activating group) is 1. The zero-order valence-corrected chi connectivity index (χ0v) is 10.0. The van der Waals surface area contributed by atoms with Crippen LogP contribution in [0, 0.1) is 5.92 Å². The highest BCUT2D eigenvalue weighted by molar-refractivity contribution is 5.80. The van der Waals surface area contributed by atoms with Gasteiger partial charge in [-0.3, -0.25) is 4.79 Å². The molecule has 0 N–H and O–H groups in total. The van der Waals surface area contributed by atoms with Crippen LogP contribution in [0.5, 0.6) is 0 Å². The Morgan fingerprint density at radius 2 is 1.93 bits per heavy atom. The molecule has 2 atom stereocenters. The molecule has 0 aromatic carbocycles. The molecule has 0 spiro atoms. The minimum absolute atomic E-state index is 0.0929. The Hall–Kier alpha value is -0.570. The van der Waals surface area contributed by atoms with Gasteiger partial charge in [0.15, 0.2) is 0 Å². The molecule has 0 rings (SSSR count). The van der Waals surface area contributed by atoms with Crippen LogP contribution in [0.2, 0.25) is 0 Å². The molecular weight excluding hydrogens is 178 g/mol. The predicted octanol–water partition coefficient (Wildman–Crippen LogP) is 1.92. The molecule has 0 aliphatic rings. The quantitative estimate of drug-likeness (QED) is 0.657. The topological polar surface area (TPSA) is 29.5 Å². The van der Waals surface area contributed by atoms with Crippen LogP contribution in [0.1, 0.15) is 34.1 Å². The molecule has 3 nitrogen and oxygen atoms in total. The van der Waals surface area contributed by atoms with Gasteiger partial charge in [0, 0.05) is 20.2 Å². The second kappa shape index (κ2) is 6.82. The highest BCUT2D eigenvalue weighted by Crippen LogP contribution is 2.06. The Balaban J connectivity index is 4.18. The Morgan fingerprint density at radius 3 is 2.29 bits per heavy atom. The molecule has 0 heterocycles. The van der Waals surface area contributed by atoms with E-state index in [2.05, 4.69) is 13.8 Å². The van der Waals surface area contributed by atoms with E-state index in [1.807, 2.05) is 11.8 Å². The molecule has 0 aromatic heterocycles. The molecule has 0 saturated carbocycles. The lowest BCUT2D eigenvalue weighted by atomic mass is 10.1. The maximum Gasteiger partial charge on any atom is 0.251 e. The van der Waals surface area contributed by atoms with Crippen molar-refractivity contribution < 1.29 is 9.53 Å². The fourth-order valence-electron chi connectivity index (χ4n) is 1.24. The third-order valence-electron chi connectivity index (χ3n) is 2.62. The minimum Gasteiger partial charge on any atom is -0.372 e. The second-order valence-electron chi connectivity index (χ2n) is 3.77. The van der Waals surface area contributed by atoms with Crippen LogP contribution >= 0.6 is 0 Å². The third kappa shape index (κ3) is 4.09. The second-order valence-corrected chi connectivity index (χ2v) is 3.77. The zero-order valence-electron chi connectivity index (χ0n) is 10.0. The number of ether oxygens (including phenoxy) is 1. The van der Waals surface area contributed by atoms with Gasteiger partial charge in [-0.1, -0.05) is 20.3 Å². The normalized spacial score (nSPS) is 14.9. The van der Waals surface area contributed by atoms with Crippen molar-refractivity contribution in [3.63, 3.8) is 0 Å². The van der Waals surface area contributed by atoms with Gasteiger partial charge < -0.3 is 9.64 Å². The van der Waals surface area contributed by atoms with Crippen molar-refractivity contribution in [3.8, 4) is 0 Å². The van der Waals surface area contributed by atoms with Gasteiger partial charge in [-0.25, -0.2) is 0 Å². The molecule has 0 aromatic rings. The van der Waals surface area contributed by atoms with E-state index in [1.54, 1.807) is 14.0 Å². The molecule has 0 aliphatic heterocycles. The van der Waals surface area contributed by atoms with Crippen LogP contribution in [0.25, 0.3) is 0 Å². The molecular formula is C11H23NO2. The van der Waals surface area contributed by atoms with Crippen LogP contribution in [-0.2, 0) is 9.53 Å². The molecule has 2 unspecified atom stereocenters. The van der Waals surface area contributed by atoms with E-state index >= 15 is 0 Å². The van der Waals surface area contributed by atoms with E-state index in [0.29, 0.717) is 5.92 Å². The summed E-state index contributed by atoms with van der Waals surface area (Å²) in [5, 5.41) is 0. The summed E-state index contributed by atoms with van der Waals surface area (Å²) >= 11 is 0. The lowest BCUT2D eigenvalue weighted by Gasteiger charge is -2.26. The average Bonchev–Trinajstić information content (AvgIpc) is 2.23. The van der Waals surface area contributed by atoms with E-state index in [9.17, 15) is 4.79 Å². The molecule has 14 heavy (non-hydrogen) atoms. The lowest BCUT2D eigenvalue weighted by Crippen LogP contribution is -2.40. The highest BCUT2D eigenvalue weighted by atomic mass is 16.5. The largest absolute Gasteiger partial charge is 0.372 e. The van der Waals surface area contributed by atoms with E-state index < -0.39 is 0 Å². The molecule has 0 aliphatic carbocycles. The molecule has 84 valence electrons. The Labute approximate surface area is 87.4 Å². The van der Waals surface area contributed by atoms with Gasteiger partial charge in [0.1, 0.15) is 6.10 Å². The summed E-state index contributed by atoms with van der Waals surface area (Å²) < 4.78 is 5.02. The smallest absolute Gasteiger partial charge is 0.251 e. The summed E-state index contributed by atoms with van der Waals surface area (Å²) in [6.45, 7) is 9.69. The lowest BCUT2D eigenvalue weighted by molar-refractivity contribution is -0.141. The molecule has 0 saturated heterocycles. The summed E-state index contributed by atoms with van der Waals surface area (Å²) in [6.07, 6.45) is 0.782. The maximum absolute atomic E-state index is 11.8. The SMILES string of the molecule is CCC(C)CN(CC)C(=O)C(C)OC. The molecule has 0 fully saturated rings. The monoisotopic (exact) mass is 201 g/mol. The number of rotatable bonds is 6. The van der Waals surface area contributed by atoms with Crippen molar-refractivity contribution in [2.45, 2.75) is 40.2 Å². The van der Waals surface area contributed by atoms with Crippen molar-refractivity contribution in [1.82, 2.24) is 4.90 Å². The highest BCUT2D eigenvalue weighted by Gasteiger charge is 2.19. The number of amides is 1. The fraction of sp³-hybridized carbons (Fsp3) is 0.909. The number of nitrogens with zero attached hydrogens (tertiary/aromatic N) is 1. The summed E-state index contributed by atoms with van der Waals surface area (Å²) in [6, 6.07) is 0. The molecule has 0 bridgehead atoms. The third-order valence-corrected chi connectivity index (χ3v) is 2.62. The summed E-state index contributed by atoms with van der Waals surface area (Å²) in [7, 11) is 1.57. The van der Waals surface area contributed by atoms with Crippen LogP contribution in [0.4, 0.5) is 0 Å². The number of carbonyl (C=O) groups excluding carboxylic acids is 1. The summed E-state index contributed by atoms with van der Waals surface area (Å²) in [5.41, 5.74) is 0. The van der Waals surface area contributed by atoms with Gasteiger partial charge in [0.05, 0.1) is 0 Å². The van der Waals surface area contributed by atoms with Gasteiger partial charge in [0.25, 0.3) is 5.91 Å². The number of hydrogen-bond acceptors (Lipinski definition) is 2. The molecule has 0 radical (unpaired) electrons. The number of carbonyl (C=O) groups is 1. The number of methoxy groups -OCH3 is 1. The van der Waals surface area contributed by atoms with Crippen molar-refractivity contribution in [2.24, 2.45) is 5.92 Å². The van der Waals surface area contributed by atoms with Crippen LogP contribution in [-0.4, -0.2) is 37.1 Å². The summed E-state index contributed by atoms with van der Waals surface area (Å²) in [5.74, 6) is 0.651. The first kappa shape index (κ1) is 13.4. The molecule has 3 heteroatoms. The Kier molecular flexibility index (Phi) is 6.54. The van der Waals surface area contributed by atoms with Gasteiger partial charge >= 0.3 is 0 Å². The summed E-state index contributed by atoms with van der Waals surface area (Å²) in [4.78, 5) is 13.6. The zero-order chi connectivity index (χ0) is 11.1. The van der Waals surface area contributed by atoms with E-state index in [-0.39, 0.29) is 12.0 Å². The Bertz CT molecular complexity index is 171. The van der Waals surface area contributed by atoms with Crippen molar-refractivity contribution >= 4 is 5.91 Å². The maximum atomic E-state index is 11.8. The average molecular weight is 201 g/mol. The van der Waals surface area contributed by atoms with Crippen molar-refractivity contribution in [3.05, 3.63) is 0 Å². The van der Waals surface area contributed by atoms with Gasteiger partial charge in [-0.05, 0) is 19.8 Å². The van der Waals surface area contributed by atoms with E-state index in [0.717, 1.165) is 19.5 Å². The van der Waals surface area contributed by atoms with E-state index in [1.165, 1.54) is 0 Å². The first-order chi connectivity index (χ1) is 6.56. The van der Waals surface area contributed by atoms with Gasteiger partial charge in [0.2, 0.25) is 0 Å². The van der Waals surface area contributed by atoms with Crippen LogP contribution < -0.4 is 0 Å². The van der Waals surface area contributed by atoms with Gasteiger partial charge in [-0.2, -0.15) is 0 Å². The Morgan fingerprint density at radius 1 is 1.36 bits per heavy atom. The standard InChI is InChI=1S/C11H23NO2/c1-6-9(3)8-12(7-2)11(13)10(4)14-5/h9-10H,6-8H2,1-5H3. The van der Waals surface area contributed by atoms with Crippen LogP contribution in [0.15, 0.2) is 0 Å². The first-order valence-corrected chi connectivity index (χ1v) is 5.38.